The van der Waals surface area contributed by atoms with Gasteiger partial charge in [-0.05, 0) is 43.3 Å². The molecule has 3 N–H and O–H groups in total. The zero-order valence-corrected chi connectivity index (χ0v) is 13.8. The van der Waals surface area contributed by atoms with Crippen LogP contribution in [-0.4, -0.2) is 23.8 Å². The van der Waals surface area contributed by atoms with E-state index in [1.54, 1.807) is 36.4 Å². The minimum absolute atomic E-state index is 0.0470. The molecule has 9 heteroatoms. The molecule has 0 fully saturated rings. The van der Waals surface area contributed by atoms with Crippen LogP contribution in [0.5, 0.6) is 5.75 Å². The van der Waals surface area contributed by atoms with Crippen molar-refractivity contribution in [2.45, 2.75) is 19.6 Å². The smallest absolute Gasteiger partial charge is 0.327 e. The highest BCUT2D eigenvalue weighted by atomic mass is 16.5. The largest absolute Gasteiger partial charge is 0.481 e. The second-order valence-electron chi connectivity index (χ2n) is 5.10. The first-order chi connectivity index (χ1) is 12.5. The number of hydrazine groups is 1. The summed E-state index contributed by atoms with van der Waals surface area (Å²) in [6.07, 6.45) is 0.506. The Hall–Kier alpha value is -3.80. The van der Waals surface area contributed by atoms with E-state index in [9.17, 15) is 14.4 Å². The molecule has 0 spiro atoms. The van der Waals surface area contributed by atoms with Crippen molar-refractivity contribution >= 4 is 17.7 Å². The first kappa shape index (κ1) is 18.5. The van der Waals surface area contributed by atoms with E-state index in [0.717, 1.165) is 0 Å². The molecule has 0 bridgehead atoms. The molecular weight excluding hydrogens is 340 g/mol. The normalized spacial score (nSPS) is 10.9. The summed E-state index contributed by atoms with van der Waals surface area (Å²) in [7, 11) is 0. The van der Waals surface area contributed by atoms with Crippen molar-refractivity contribution in [2.24, 2.45) is 0 Å². The Kier molecular flexibility index (Phi) is 6.34. The van der Waals surface area contributed by atoms with Crippen molar-refractivity contribution in [1.29, 1.82) is 5.26 Å². The van der Waals surface area contributed by atoms with Crippen molar-refractivity contribution in [2.75, 3.05) is 0 Å². The van der Waals surface area contributed by atoms with Crippen LogP contribution < -0.4 is 20.9 Å². The van der Waals surface area contributed by atoms with Gasteiger partial charge in [-0.25, -0.2) is 0 Å². The molecule has 0 aliphatic carbocycles. The van der Waals surface area contributed by atoms with E-state index < -0.39 is 23.8 Å². The minimum atomic E-state index is -1.03. The Balaban J connectivity index is 1.74. The van der Waals surface area contributed by atoms with Gasteiger partial charge in [0.1, 0.15) is 11.5 Å². The van der Waals surface area contributed by atoms with Crippen LogP contribution in [0.3, 0.4) is 0 Å². The van der Waals surface area contributed by atoms with E-state index in [0.29, 0.717) is 17.1 Å². The number of nitrogens with zero attached hydrogens (tertiary/aromatic N) is 1. The van der Waals surface area contributed by atoms with E-state index in [4.69, 9.17) is 14.4 Å². The van der Waals surface area contributed by atoms with Crippen molar-refractivity contribution < 1.29 is 23.5 Å². The Bertz CT molecular complexity index is 809. The van der Waals surface area contributed by atoms with Crippen molar-refractivity contribution in [3.05, 3.63) is 54.0 Å². The van der Waals surface area contributed by atoms with E-state index in [1.807, 2.05) is 11.5 Å². The molecule has 2 rings (SSSR count). The minimum Gasteiger partial charge on any atom is -0.481 e. The van der Waals surface area contributed by atoms with Crippen LogP contribution in [0, 0.1) is 11.3 Å². The molecule has 1 heterocycles. The lowest BCUT2D eigenvalue weighted by molar-refractivity contribution is -0.141. The van der Waals surface area contributed by atoms with Crippen LogP contribution in [0.25, 0.3) is 0 Å². The molecule has 0 saturated carbocycles. The van der Waals surface area contributed by atoms with E-state index in [-0.39, 0.29) is 6.54 Å². The molecule has 0 radical (unpaired) electrons. The number of hydrogen-bond acceptors (Lipinski definition) is 6. The number of benzene rings is 1. The predicted molar refractivity (Wildman–Crippen MR) is 88.1 cm³/mol. The standard InChI is InChI=1S/C17H16N4O5/c1-11(26-13-6-4-12(9-18)5-7-13)15(22)20-21-17(24)16(23)19-10-14-3-2-8-25-14/h2-8,11H,10H2,1H3,(H,19,23)(H,20,22)(H,21,24)/t11-/m0/s1. The fourth-order valence-corrected chi connectivity index (χ4v) is 1.80. The predicted octanol–water partition coefficient (Wildman–Crippen LogP) is 0.382. The zero-order valence-electron chi connectivity index (χ0n) is 13.8. The second-order valence-corrected chi connectivity index (χ2v) is 5.10. The molecule has 2 aromatic rings. The maximum Gasteiger partial charge on any atom is 0.327 e. The van der Waals surface area contributed by atoms with Gasteiger partial charge in [0.25, 0.3) is 5.91 Å². The number of nitriles is 1. The molecular formula is C17H16N4O5. The van der Waals surface area contributed by atoms with Crippen LogP contribution in [-0.2, 0) is 20.9 Å². The Morgan fingerprint density at radius 2 is 1.88 bits per heavy atom. The van der Waals surface area contributed by atoms with Gasteiger partial charge in [-0.2, -0.15) is 5.26 Å². The second kappa shape index (κ2) is 8.89. The number of amides is 3. The van der Waals surface area contributed by atoms with Gasteiger partial charge < -0.3 is 14.5 Å². The molecule has 3 amide bonds. The van der Waals surface area contributed by atoms with Gasteiger partial charge in [0.15, 0.2) is 6.10 Å². The summed E-state index contributed by atoms with van der Waals surface area (Å²) >= 11 is 0. The number of ether oxygens (including phenoxy) is 1. The highest BCUT2D eigenvalue weighted by Gasteiger charge is 2.18. The highest BCUT2D eigenvalue weighted by Crippen LogP contribution is 2.13. The third-order valence-corrected chi connectivity index (χ3v) is 3.17. The number of hydrogen-bond donors (Lipinski definition) is 3. The van der Waals surface area contributed by atoms with Gasteiger partial charge in [-0.15, -0.1) is 0 Å². The van der Waals surface area contributed by atoms with Crippen LogP contribution in [0.1, 0.15) is 18.2 Å². The van der Waals surface area contributed by atoms with Crippen LogP contribution in [0.15, 0.2) is 47.1 Å². The SMILES string of the molecule is C[C@H](Oc1ccc(C#N)cc1)C(=O)NNC(=O)C(=O)NCc1ccco1. The maximum atomic E-state index is 11.9. The van der Waals surface area contributed by atoms with E-state index >= 15 is 0 Å². The third kappa shape index (κ3) is 5.38. The molecule has 0 saturated heterocycles. The van der Waals surface area contributed by atoms with Crippen molar-refractivity contribution in [1.82, 2.24) is 16.2 Å². The molecule has 134 valence electrons. The zero-order chi connectivity index (χ0) is 18.9. The first-order valence-corrected chi connectivity index (χ1v) is 7.57. The first-order valence-electron chi connectivity index (χ1n) is 7.57. The average Bonchev–Trinajstić information content (AvgIpc) is 3.18. The quantitative estimate of drug-likeness (QED) is 0.524. The Morgan fingerprint density at radius 1 is 1.15 bits per heavy atom. The maximum absolute atomic E-state index is 11.9. The van der Waals surface area contributed by atoms with Gasteiger partial charge in [-0.1, -0.05) is 0 Å². The summed E-state index contributed by atoms with van der Waals surface area (Å²) in [4.78, 5) is 35.1. The molecule has 26 heavy (non-hydrogen) atoms. The topological polar surface area (TPSA) is 133 Å². The van der Waals surface area contributed by atoms with Gasteiger partial charge in [0.05, 0.1) is 24.4 Å². The number of furan rings is 1. The fraction of sp³-hybridized carbons (Fsp3) is 0.176. The summed E-state index contributed by atoms with van der Waals surface area (Å²) < 4.78 is 10.4. The summed E-state index contributed by atoms with van der Waals surface area (Å²) in [5.41, 5.74) is 4.55. The highest BCUT2D eigenvalue weighted by molar-refractivity contribution is 6.35. The van der Waals surface area contributed by atoms with E-state index in [1.165, 1.54) is 13.2 Å². The Labute approximate surface area is 148 Å². The van der Waals surface area contributed by atoms with Gasteiger partial charge in [0, 0.05) is 0 Å². The summed E-state index contributed by atoms with van der Waals surface area (Å²) in [6, 6.07) is 11.4. The Morgan fingerprint density at radius 3 is 2.50 bits per heavy atom. The number of carbonyl (C=O) groups is 3. The number of carbonyl (C=O) groups excluding carboxylic acids is 3. The van der Waals surface area contributed by atoms with Gasteiger partial charge >= 0.3 is 11.8 Å². The van der Waals surface area contributed by atoms with Gasteiger partial charge in [-0.3, -0.25) is 25.2 Å². The summed E-state index contributed by atoms with van der Waals surface area (Å²) in [5, 5.41) is 11.1. The molecule has 0 unspecified atom stereocenters. The van der Waals surface area contributed by atoms with E-state index in [2.05, 4.69) is 10.7 Å². The van der Waals surface area contributed by atoms with Gasteiger partial charge in [0.2, 0.25) is 0 Å². The summed E-state index contributed by atoms with van der Waals surface area (Å²) in [6.45, 7) is 1.52. The lowest BCUT2D eigenvalue weighted by Crippen LogP contribution is -2.51. The lowest BCUT2D eigenvalue weighted by Gasteiger charge is -2.15. The molecule has 1 aromatic heterocycles. The summed E-state index contributed by atoms with van der Waals surface area (Å²) in [5.74, 6) is -1.74. The third-order valence-electron chi connectivity index (χ3n) is 3.17. The number of rotatable bonds is 5. The monoisotopic (exact) mass is 356 g/mol. The molecule has 1 atom stereocenters. The molecule has 0 aliphatic heterocycles. The number of nitrogens with one attached hydrogen (secondary N) is 3. The lowest BCUT2D eigenvalue weighted by atomic mass is 10.2. The average molecular weight is 356 g/mol. The fourth-order valence-electron chi connectivity index (χ4n) is 1.80. The van der Waals surface area contributed by atoms with Crippen LogP contribution in [0.4, 0.5) is 0 Å². The molecule has 1 aromatic carbocycles. The van der Waals surface area contributed by atoms with Crippen LogP contribution >= 0.6 is 0 Å². The van der Waals surface area contributed by atoms with Crippen LogP contribution in [0.2, 0.25) is 0 Å². The van der Waals surface area contributed by atoms with Crippen molar-refractivity contribution in [3.63, 3.8) is 0 Å². The molecule has 0 aliphatic rings. The molecule has 9 nitrogen and oxygen atoms in total. The van der Waals surface area contributed by atoms with Crippen molar-refractivity contribution in [3.8, 4) is 11.8 Å².